The summed E-state index contributed by atoms with van der Waals surface area (Å²) in [6, 6.07) is 0.479. The lowest BCUT2D eigenvalue weighted by Crippen LogP contribution is -2.59. The Morgan fingerprint density at radius 3 is 2.83 bits per heavy atom. The number of likely N-dealkylation sites (tertiary alicyclic amines) is 1. The normalized spacial score (nSPS) is 30.6. The van der Waals surface area contributed by atoms with Crippen molar-refractivity contribution in [1.29, 1.82) is 0 Å². The summed E-state index contributed by atoms with van der Waals surface area (Å²) in [5.74, 6) is -0.0659. The highest BCUT2D eigenvalue weighted by Crippen LogP contribution is 2.48. The fourth-order valence-electron chi connectivity index (χ4n) is 5.24. The van der Waals surface area contributed by atoms with E-state index in [4.69, 9.17) is 15.2 Å². The minimum Gasteiger partial charge on any atom is -0.466 e. The molecular formula is C20H30N4O4S. The van der Waals surface area contributed by atoms with Crippen molar-refractivity contribution in [1.82, 2.24) is 14.8 Å². The Balaban J connectivity index is 1.52. The number of thiazole rings is 1. The molecule has 3 fully saturated rings. The van der Waals surface area contributed by atoms with Crippen molar-refractivity contribution in [3.8, 4) is 0 Å². The van der Waals surface area contributed by atoms with Gasteiger partial charge in [0.1, 0.15) is 5.69 Å². The summed E-state index contributed by atoms with van der Waals surface area (Å²) in [5.41, 5.74) is 5.45. The number of aromatic nitrogens is 1. The first-order valence-corrected chi connectivity index (χ1v) is 11.4. The number of hydrogen-bond acceptors (Lipinski definition) is 8. The van der Waals surface area contributed by atoms with Gasteiger partial charge in [0.05, 0.1) is 25.2 Å². The molecule has 3 atom stereocenters. The van der Waals surface area contributed by atoms with E-state index in [9.17, 15) is 9.59 Å². The predicted octanol–water partition coefficient (Wildman–Crippen LogP) is 1.62. The zero-order valence-corrected chi connectivity index (χ0v) is 17.8. The molecule has 0 unspecified atom stereocenters. The van der Waals surface area contributed by atoms with Crippen LogP contribution >= 0.6 is 11.3 Å². The van der Waals surface area contributed by atoms with Crippen molar-refractivity contribution < 1.29 is 19.1 Å². The van der Waals surface area contributed by atoms with Gasteiger partial charge in [-0.15, -0.1) is 11.3 Å². The number of piperidine rings is 1. The van der Waals surface area contributed by atoms with Crippen LogP contribution in [0.15, 0.2) is 5.38 Å². The maximum Gasteiger partial charge on any atom is 0.314 e. The number of esters is 1. The number of nitrogens with zero attached hydrogens (tertiary/aromatic N) is 3. The van der Waals surface area contributed by atoms with Crippen LogP contribution in [0.1, 0.15) is 43.1 Å². The number of amides is 1. The Morgan fingerprint density at radius 2 is 2.14 bits per heavy atom. The van der Waals surface area contributed by atoms with Gasteiger partial charge >= 0.3 is 5.97 Å². The Morgan fingerprint density at radius 1 is 1.34 bits per heavy atom. The van der Waals surface area contributed by atoms with Crippen LogP contribution in [0.2, 0.25) is 0 Å². The number of morpholine rings is 1. The quantitative estimate of drug-likeness (QED) is 0.736. The molecule has 2 aliphatic heterocycles. The lowest BCUT2D eigenvalue weighted by atomic mass is 9.61. The van der Waals surface area contributed by atoms with E-state index in [1.165, 1.54) is 11.3 Å². The molecule has 0 radical (unpaired) electrons. The number of nitrogens with two attached hydrogens (primary N) is 1. The van der Waals surface area contributed by atoms with E-state index >= 15 is 0 Å². The zero-order valence-electron chi connectivity index (χ0n) is 17.0. The van der Waals surface area contributed by atoms with Crippen molar-refractivity contribution >= 4 is 28.3 Å². The number of carbonyl (C=O) groups excluding carboxylic acids is 2. The van der Waals surface area contributed by atoms with Gasteiger partial charge in [0.25, 0.3) is 5.91 Å². The maximum absolute atomic E-state index is 13.1. The highest BCUT2D eigenvalue weighted by molar-refractivity contribution is 7.13. The Hall–Kier alpha value is -1.71. The van der Waals surface area contributed by atoms with Gasteiger partial charge in [-0.2, -0.15) is 0 Å². The lowest BCUT2D eigenvalue weighted by molar-refractivity contribution is -0.168. The number of anilines is 1. The van der Waals surface area contributed by atoms with E-state index in [0.717, 1.165) is 52.0 Å². The molecule has 3 heterocycles. The topological polar surface area (TPSA) is 98.0 Å². The first-order valence-electron chi connectivity index (χ1n) is 10.5. The molecule has 4 rings (SSSR count). The number of rotatable bonds is 4. The summed E-state index contributed by atoms with van der Waals surface area (Å²) in [6.07, 6.45) is 3.48. The number of hydrogen-bond donors (Lipinski definition) is 1. The molecular weight excluding hydrogens is 392 g/mol. The van der Waals surface area contributed by atoms with Gasteiger partial charge in [-0.05, 0) is 38.5 Å². The minimum absolute atomic E-state index is 0.143. The molecule has 160 valence electrons. The highest BCUT2D eigenvalue weighted by Gasteiger charge is 2.54. The minimum atomic E-state index is -0.617. The van der Waals surface area contributed by atoms with Crippen molar-refractivity contribution in [2.24, 2.45) is 11.3 Å². The second-order valence-corrected chi connectivity index (χ2v) is 9.13. The van der Waals surface area contributed by atoms with Gasteiger partial charge in [0.2, 0.25) is 0 Å². The number of ether oxygens (including phenoxy) is 2. The van der Waals surface area contributed by atoms with Crippen molar-refractivity contribution in [2.75, 3.05) is 51.7 Å². The molecule has 29 heavy (non-hydrogen) atoms. The third-order valence-corrected chi connectivity index (χ3v) is 7.43. The maximum atomic E-state index is 13.1. The Labute approximate surface area is 175 Å². The third kappa shape index (κ3) is 4.00. The van der Waals surface area contributed by atoms with Crippen LogP contribution < -0.4 is 5.73 Å². The molecule has 0 spiro atoms. The molecule has 1 aliphatic carbocycles. The average Bonchev–Trinajstić information content (AvgIpc) is 3.19. The van der Waals surface area contributed by atoms with Gasteiger partial charge < -0.3 is 20.1 Å². The standard InChI is InChI=1S/C20H30N4O4S/c1-2-28-18(26)20-5-3-15(23-7-9-27-10-8-23)11-14(20)4-6-24(13-20)17(25)16-12-29-19(21)22-16/h12,14-15H,2-11,13H2,1H3,(H2,21,22)/t14-,15-,20-/m1/s1. The van der Waals surface area contributed by atoms with E-state index in [-0.39, 0.29) is 17.8 Å². The smallest absolute Gasteiger partial charge is 0.314 e. The van der Waals surface area contributed by atoms with Crippen LogP contribution in [0, 0.1) is 11.3 Å². The van der Waals surface area contributed by atoms with Gasteiger partial charge in [0, 0.05) is 37.6 Å². The predicted molar refractivity (Wildman–Crippen MR) is 110 cm³/mol. The Bertz CT molecular complexity index is 751. The zero-order chi connectivity index (χ0) is 20.4. The Kier molecular flexibility index (Phi) is 6.08. The first kappa shape index (κ1) is 20.6. The van der Waals surface area contributed by atoms with Gasteiger partial charge in [-0.3, -0.25) is 14.5 Å². The summed E-state index contributed by atoms with van der Waals surface area (Å²) in [5, 5.41) is 2.07. The lowest BCUT2D eigenvalue weighted by Gasteiger charge is -2.52. The number of carbonyl (C=O) groups is 2. The second-order valence-electron chi connectivity index (χ2n) is 8.24. The molecule has 3 aliphatic rings. The monoisotopic (exact) mass is 422 g/mol. The highest BCUT2D eigenvalue weighted by atomic mass is 32.1. The largest absolute Gasteiger partial charge is 0.466 e. The summed E-state index contributed by atoms with van der Waals surface area (Å²) < 4.78 is 11.0. The second kappa shape index (κ2) is 8.57. The van der Waals surface area contributed by atoms with E-state index in [2.05, 4.69) is 9.88 Å². The van der Waals surface area contributed by atoms with Crippen molar-refractivity contribution in [3.05, 3.63) is 11.1 Å². The molecule has 1 saturated carbocycles. The molecule has 8 nitrogen and oxygen atoms in total. The van der Waals surface area contributed by atoms with E-state index < -0.39 is 5.41 Å². The van der Waals surface area contributed by atoms with Gasteiger partial charge in [-0.25, -0.2) is 4.98 Å². The van der Waals surface area contributed by atoms with Crippen molar-refractivity contribution in [2.45, 2.75) is 38.6 Å². The number of fused-ring (bicyclic) bond motifs is 1. The van der Waals surface area contributed by atoms with Crippen LogP contribution in [0.25, 0.3) is 0 Å². The molecule has 9 heteroatoms. The fourth-order valence-corrected chi connectivity index (χ4v) is 5.77. The third-order valence-electron chi connectivity index (χ3n) is 6.75. The number of nitrogen functional groups attached to an aromatic ring is 1. The van der Waals surface area contributed by atoms with E-state index in [1.54, 1.807) is 10.3 Å². The average molecular weight is 423 g/mol. The van der Waals surface area contributed by atoms with E-state index in [0.29, 0.717) is 36.6 Å². The summed E-state index contributed by atoms with van der Waals surface area (Å²) >= 11 is 1.26. The summed E-state index contributed by atoms with van der Waals surface area (Å²) in [4.78, 5) is 34.5. The molecule has 2 N–H and O–H groups in total. The van der Waals surface area contributed by atoms with Crippen LogP contribution in [0.3, 0.4) is 0 Å². The van der Waals surface area contributed by atoms with Crippen molar-refractivity contribution in [3.63, 3.8) is 0 Å². The molecule has 2 saturated heterocycles. The van der Waals surface area contributed by atoms with Crippen LogP contribution in [-0.4, -0.2) is 78.7 Å². The van der Waals surface area contributed by atoms with Gasteiger partial charge in [0.15, 0.2) is 5.13 Å². The van der Waals surface area contributed by atoms with Gasteiger partial charge in [-0.1, -0.05) is 0 Å². The summed E-state index contributed by atoms with van der Waals surface area (Å²) in [6.45, 7) is 6.72. The van der Waals surface area contributed by atoms with Crippen LogP contribution in [0.5, 0.6) is 0 Å². The van der Waals surface area contributed by atoms with E-state index in [1.807, 2.05) is 6.92 Å². The molecule has 0 bridgehead atoms. The fraction of sp³-hybridized carbons (Fsp3) is 0.750. The molecule has 1 aromatic rings. The molecule has 1 aromatic heterocycles. The van der Waals surface area contributed by atoms with Crippen LogP contribution in [0.4, 0.5) is 5.13 Å². The molecule has 0 aromatic carbocycles. The SMILES string of the molecule is CCOC(=O)[C@@]12CC[C@@H](N3CCOCC3)C[C@H]1CCN(C(=O)c1csc(N)n1)C2. The first-order chi connectivity index (χ1) is 14.0. The molecule has 1 amide bonds. The summed E-state index contributed by atoms with van der Waals surface area (Å²) in [7, 11) is 0. The van der Waals surface area contributed by atoms with Crippen LogP contribution in [-0.2, 0) is 14.3 Å².